The van der Waals surface area contributed by atoms with Gasteiger partial charge in [-0.1, -0.05) is 0 Å². The highest BCUT2D eigenvalue weighted by atomic mass is 32.2. The third-order valence-corrected chi connectivity index (χ3v) is 7.02. The fourth-order valence-corrected chi connectivity index (χ4v) is 4.68. The van der Waals surface area contributed by atoms with Crippen LogP contribution in [0.3, 0.4) is 0 Å². The molecule has 180 valence electrons. The minimum Gasteiger partial charge on any atom is -0.456 e. The minimum atomic E-state index is -3.80. The van der Waals surface area contributed by atoms with Crippen molar-refractivity contribution < 1.29 is 26.4 Å². The monoisotopic (exact) mass is 506 g/mol. The molecule has 0 bridgehead atoms. The predicted octanol–water partition coefficient (Wildman–Crippen LogP) is 0.540. The molecule has 0 aliphatic carbocycles. The average Bonchev–Trinajstić information content (AvgIpc) is 3.26. The summed E-state index contributed by atoms with van der Waals surface area (Å²) in [5.74, 6) is -1.15. The van der Waals surface area contributed by atoms with Crippen LogP contribution in [0.5, 0.6) is 11.5 Å². The van der Waals surface area contributed by atoms with Gasteiger partial charge in [-0.15, -0.1) is 0 Å². The number of nitrogens with zero attached hydrogens (tertiary/aromatic N) is 2. The van der Waals surface area contributed by atoms with Crippen LogP contribution >= 0.6 is 0 Å². The first-order valence-corrected chi connectivity index (χ1v) is 13.1. The molecule has 0 saturated carbocycles. The van der Waals surface area contributed by atoms with Crippen molar-refractivity contribution in [3.05, 3.63) is 66.2 Å². The van der Waals surface area contributed by atoms with E-state index in [1.54, 1.807) is 6.20 Å². The lowest BCUT2D eigenvalue weighted by atomic mass is 10.2. The van der Waals surface area contributed by atoms with Crippen LogP contribution in [-0.4, -0.2) is 51.5 Å². The van der Waals surface area contributed by atoms with Crippen LogP contribution in [0.25, 0.3) is 0 Å². The summed E-state index contributed by atoms with van der Waals surface area (Å²) in [7, 11) is -7.57. The second-order valence-electron chi connectivity index (χ2n) is 7.07. The summed E-state index contributed by atoms with van der Waals surface area (Å²) >= 11 is 0. The van der Waals surface area contributed by atoms with Gasteiger partial charge in [0.15, 0.2) is 15.8 Å². The molecule has 3 aromatic rings. The van der Waals surface area contributed by atoms with E-state index in [1.165, 1.54) is 42.7 Å². The van der Waals surface area contributed by atoms with Crippen molar-refractivity contribution >= 4 is 31.7 Å². The Morgan fingerprint density at radius 1 is 1.12 bits per heavy atom. The number of H-pyrrole nitrogens is 1. The third-order valence-electron chi connectivity index (χ3n) is 4.42. The topological polar surface area (TPSA) is 200 Å². The molecule has 0 unspecified atom stereocenters. The number of rotatable bonds is 9. The van der Waals surface area contributed by atoms with Crippen LogP contribution in [0.15, 0.2) is 69.8 Å². The Hall–Kier alpha value is -3.75. The van der Waals surface area contributed by atoms with Crippen LogP contribution in [-0.2, 0) is 26.3 Å². The van der Waals surface area contributed by atoms with E-state index in [1.807, 2.05) is 0 Å². The minimum absolute atomic E-state index is 0.00553. The van der Waals surface area contributed by atoms with E-state index < -0.39 is 31.7 Å². The van der Waals surface area contributed by atoms with Gasteiger partial charge in [0.1, 0.15) is 16.4 Å². The van der Waals surface area contributed by atoms with Crippen molar-refractivity contribution in [1.29, 1.82) is 0 Å². The van der Waals surface area contributed by atoms with E-state index in [4.69, 9.17) is 16.2 Å². The van der Waals surface area contributed by atoms with E-state index in [2.05, 4.69) is 19.7 Å². The summed E-state index contributed by atoms with van der Waals surface area (Å²) < 4.78 is 57.6. The molecule has 0 saturated heterocycles. The number of amides is 1. The molecule has 1 heterocycles. The number of sulfonamides is 1. The van der Waals surface area contributed by atoms with E-state index in [0.717, 1.165) is 18.0 Å². The molecular formula is C20H22N6O6S2. The molecule has 2 aromatic carbocycles. The van der Waals surface area contributed by atoms with E-state index in [9.17, 15) is 21.6 Å². The van der Waals surface area contributed by atoms with E-state index in [-0.39, 0.29) is 33.4 Å². The Balaban J connectivity index is 1.77. The number of carbonyl (C=O) groups excluding carboxylic acids is 1. The quantitative estimate of drug-likeness (QED) is 0.236. The average molecular weight is 507 g/mol. The van der Waals surface area contributed by atoms with Crippen molar-refractivity contribution in [2.45, 2.75) is 16.2 Å². The number of ether oxygens (including phenoxy) is 1. The third kappa shape index (κ3) is 6.40. The van der Waals surface area contributed by atoms with Crippen LogP contribution in [0.1, 0.15) is 16.1 Å². The van der Waals surface area contributed by atoms with Gasteiger partial charge in [-0.3, -0.25) is 4.79 Å². The zero-order valence-corrected chi connectivity index (χ0v) is 19.6. The summed E-state index contributed by atoms with van der Waals surface area (Å²) in [6.07, 6.45) is 4.51. The van der Waals surface area contributed by atoms with E-state index >= 15 is 0 Å². The summed E-state index contributed by atoms with van der Waals surface area (Å²) in [6.45, 7) is 0.172. The van der Waals surface area contributed by atoms with Crippen molar-refractivity contribution in [2.24, 2.45) is 16.5 Å². The summed E-state index contributed by atoms with van der Waals surface area (Å²) in [5.41, 5.74) is 11.1. The largest absolute Gasteiger partial charge is 0.456 e. The number of hydrogen-bond acceptors (Lipinski definition) is 7. The fourth-order valence-electron chi connectivity index (χ4n) is 2.84. The van der Waals surface area contributed by atoms with Gasteiger partial charge < -0.3 is 21.2 Å². The number of carbonyl (C=O) groups is 1. The fraction of sp³-hybridized carbons (Fsp3) is 0.150. The molecule has 0 radical (unpaired) electrons. The maximum absolute atomic E-state index is 12.5. The summed E-state index contributed by atoms with van der Waals surface area (Å²) in [6, 6.07) is 9.10. The van der Waals surface area contributed by atoms with Gasteiger partial charge >= 0.3 is 0 Å². The molecule has 1 aromatic heterocycles. The van der Waals surface area contributed by atoms with Crippen molar-refractivity contribution in [3.63, 3.8) is 0 Å². The zero-order valence-electron chi connectivity index (χ0n) is 17.9. The second-order valence-corrected chi connectivity index (χ2v) is 10.8. The standard InChI is InChI=1S/C20H22N6O6S2/c1-33(28,29)18-10-13(19(27)26-20(21)22)2-7-17(18)32-15-3-5-16(6-4-15)34(30,31)25-9-8-14-11-23-12-24-14/h2-7,10-12,25H,8-9H2,1H3,(H,23,24)(H4,21,22,26,27). The molecule has 0 fully saturated rings. The molecule has 1 amide bonds. The molecule has 34 heavy (non-hydrogen) atoms. The van der Waals surface area contributed by atoms with Crippen molar-refractivity contribution in [2.75, 3.05) is 12.8 Å². The zero-order chi connectivity index (χ0) is 24.9. The van der Waals surface area contributed by atoms with Gasteiger partial charge in [-0.2, -0.15) is 4.99 Å². The van der Waals surface area contributed by atoms with Gasteiger partial charge in [0, 0.05) is 36.7 Å². The van der Waals surface area contributed by atoms with Crippen molar-refractivity contribution in [3.8, 4) is 11.5 Å². The molecule has 0 aliphatic rings. The summed E-state index contributed by atoms with van der Waals surface area (Å²) in [5, 5.41) is 0. The van der Waals surface area contributed by atoms with Gasteiger partial charge in [-0.05, 0) is 42.5 Å². The Labute approximate surface area is 196 Å². The Bertz CT molecular complexity index is 1410. The number of aromatic nitrogens is 2. The number of guanidine groups is 1. The Kier molecular flexibility index (Phi) is 7.34. The van der Waals surface area contributed by atoms with E-state index in [0.29, 0.717) is 6.42 Å². The van der Waals surface area contributed by atoms with Crippen LogP contribution < -0.4 is 20.9 Å². The van der Waals surface area contributed by atoms with Crippen LogP contribution in [0.2, 0.25) is 0 Å². The summed E-state index contributed by atoms with van der Waals surface area (Å²) in [4.78, 5) is 21.9. The van der Waals surface area contributed by atoms with Gasteiger partial charge in [-0.25, -0.2) is 26.5 Å². The first-order valence-electron chi connectivity index (χ1n) is 9.68. The van der Waals surface area contributed by atoms with Crippen LogP contribution in [0.4, 0.5) is 0 Å². The number of aliphatic imine (C=N–C) groups is 1. The Morgan fingerprint density at radius 2 is 1.82 bits per heavy atom. The number of nitrogens with one attached hydrogen (secondary N) is 2. The molecule has 6 N–H and O–H groups in total. The van der Waals surface area contributed by atoms with Gasteiger partial charge in [0.05, 0.1) is 11.2 Å². The SMILES string of the molecule is CS(=O)(=O)c1cc(C(=O)N=C(N)N)ccc1Oc1ccc(S(=O)(=O)NCCc2cnc[nH]2)cc1. The normalized spacial score (nSPS) is 11.7. The Morgan fingerprint density at radius 3 is 2.41 bits per heavy atom. The smallest absolute Gasteiger partial charge is 0.280 e. The molecule has 0 atom stereocenters. The first-order chi connectivity index (χ1) is 16.0. The van der Waals surface area contributed by atoms with Gasteiger partial charge in [0.25, 0.3) is 5.91 Å². The maximum atomic E-state index is 12.5. The number of sulfone groups is 1. The predicted molar refractivity (Wildman–Crippen MR) is 124 cm³/mol. The molecular weight excluding hydrogens is 484 g/mol. The maximum Gasteiger partial charge on any atom is 0.280 e. The highest BCUT2D eigenvalue weighted by Crippen LogP contribution is 2.30. The number of nitrogens with two attached hydrogens (primary N) is 2. The second kappa shape index (κ2) is 10.0. The first kappa shape index (κ1) is 24.9. The molecule has 3 rings (SSSR count). The number of imidazole rings is 1. The molecule has 0 spiro atoms. The number of benzene rings is 2. The number of hydrogen-bond donors (Lipinski definition) is 4. The van der Waals surface area contributed by atoms with Crippen LogP contribution in [0, 0.1) is 0 Å². The molecule has 14 heteroatoms. The molecule has 12 nitrogen and oxygen atoms in total. The highest BCUT2D eigenvalue weighted by Gasteiger charge is 2.19. The lowest BCUT2D eigenvalue weighted by Gasteiger charge is -2.12. The molecule has 0 aliphatic heterocycles. The lowest BCUT2D eigenvalue weighted by molar-refractivity contribution is 0.100. The lowest BCUT2D eigenvalue weighted by Crippen LogP contribution is -2.26. The van der Waals surface area contributed by atoms with Crippen molar-refractivity contribution in [1.82, 2.24) is 14.7 Å². The van der Waals surface area contributed by atoms with Gasteiger partial charge in [0.2, 0.25) is 10.0 Å². The highest BCUT2D eigenvalue weighted by molar-refractivity contribution is 7.90. The number of aromatic amines is 1.